The van der Waals surface area contributed by atoms with Crippen molar-refractivity contribution in [3.05, 3.63) is 53.4 Å². The Labute approximate surface area is 98.5 Å². The average molecular weight is 258 g/mol. The van der Waals surface area contributed by atoms with Gasteiger partial charge in [0.25, 0.3) is 0 Å². The molecule has 2 aromatic rings. The van der Waals surface area contributed by atoms with Crippen LogP contribution in [0.5, 0.6) is 0 Å². The van der Waals surface area contributed by atoms with Crippen molar-refractivity contribution in [2.24, 2.45) is 0 Å². The van der Waals surface area contributed by atoms with Crippen LogP contribution in [0, 0.1) is 5.82 Å². The number of nitrogens with one attached hydrogen (secondary N) is 1. The summed E-state index contributed by atoms with van der Waals surface area (Å²) in [4.78, 5) is 17.8. The lowest BCUT2D eigenvalue weighted by molar-refractivity contribution is -0.140. The van der Waals surface area contributed by atoms with Gasteiger partial charge in [-0.2, -0.15) is 13.2 Å². The van der Waals surface area contributed by atoms with E-state index in [2.05, 4.69) is 9.97 Å². The van der Waals surface area contributed by atoms with Gasteiger partial charge in [0.05, 0.1) is 5.56 Å². The predicted octanol–water partition coefficient (Wildman–Crippen LogP) is 2.80. The standard InChI is InChI=1S/C11H6F4N2O/c12-8-2-1-6(5-7(8)11(13,14)15)9(18)10-16-3-4-17-10/h1-5H,(H,16,17). The van der Waals surface area contributed by atoms with Crippen molar-refractivity contribution in [2.45, 2.75) is 6.18 Å². The van der Waals surface area contributed by atoms with E-state index in [0.717, 1.165) is 6.07 Å². The van der Waals surface area contributed by atoms with E-state index in [0.29, 0.717) is 12.1 Å². The van der Waals surface area contributed by atoms with E-state index in [1.54, 1.807) is 0 Å². The number of carbonyl (C=O) groups excluding carboxylic acids is 1. The van der Waals surface area contributed by atoms with Crippen LogP contribution in [0.25, 0.3) is 0 Å². The Balaban J connectivity index is 2.45. The summed E-state index contributed by atoms with van der Waals surface area (Å²) in [7, 11) is 0. The Morgan fingerprint density at radius 1 is 1.28 bits per heavy atom. The minimum atomic E-state index is -4.84. The summed E-state index contributed by atoms with van der Waals surface area (Å²) in [5, 5.41) is 0. The van der Waals surface area contributed by atoms with Gasteiger partial charge in [0, 0.05) is 18.0 Å². The first kappa shape index (κ1) is 12.3. The lowest BCUT2D eigenvalue weighted by atomic mass is 10.1. The van der Waals surface area contributed by atoms with E-state index in [-0.39, 0.29) is 11.4 Å². The SMILES string of the molecule is O=C(c1ccc(F)c(C(F)(F)F)c1)c1ncc[nH]1. The first-order valence-electron chi connectivity index (χ1n) is 4.80. The summed E-state index contributed by atoms with van der Waals surface area (Å²) in [5.41, 5.74) is -1.75. The fraction of sp³-hybridized carbons (Fsp3) is 0.0909. The molecule has 0 aliphatic carbocycles. The smallest absolute Gasteiger partial charge is 0.342 e. The molecule has 0 aliphatic rings. The molecular weight excluding hydrogens is 252 g/mol. The zero-order valence-corrected chi connectivity index (χ0v) is 8.75. The topological polar surface area (TPSA) is 45.8 Å². The lowest BCUT2D eigenvalue weighted by Crippen LogP contribution is -2.11. The molecule has 0 radical (unpaired) electrons. The van der Waals surface area contributed by atoms with Crippen LogP contribution in [0.1, 0.15) is 21.7 Å². The third kappa shape index (κ3) is 2.24. The number of alkyl halides is 3. The zero-order valence-electron chi connectivity index (χ0n) is 8.75. The number of H-pyrrole nitrogens is 1. The van der Waals surface area contributed by atoms with Gasteiger partial charge < -0.3 is 4.98 Å². The summed E-state index contributed by atoms with van der Waals surface area (Å²) in [5.74, 6) is -2.25. The summed E-state index contributed by atoms with van der Waals surface area (Å²) < 4.78 is 50.4. The van der Waals surface area contributed by atoms with Crippen molar-refractivity contribution in [3.8, 4) is 0 Å². The number of aromatic nitrogens is 2. The van der Waals surface area contributed by atoms with Crippen molar-refractivity contribution in [1.82, 2.24) is 9.97 Å². The number of imidazole rings is 1. The van der Waals surface area contributed by atoms with Crippen LogP contribution in [0.15, 0.2) is 30.6 Å². The molecule has 94 valence electrons. The number of ketones is 1. The van der Waals surface area contributed by atoms with Gasteiger partial charge in [-0.05, 0) is 18.2 Å². The molecule has 0 saturated carbocycles. The molecule has 7 heteroatoms. The second-order valence-corrected chi connectivity index (χ2v) is 3.46. The van der Waals surface area contributed by atoms with Gasteiger partial charge in [0.1, 0.15) is 5.82 Å². The van der Waals surface area contributed by atoms with Crippen LogP contribution in [-0.4, -0.2) is 15.8 Å². The summed E-state index contributed by atoms with van der Waals surface area (Å²) in [6.45, 7) is 0. The van der Waals surface area contributed by atoms with Gasteiger partial charge in [-0.3, -0.25) is 4.79 Å². The molecule has 0 bridgehead atoms. The van der Waals surface area contributed by atoms with Crippen LogP contribution >= 0.6 is 0 Å². The lowest BCUT2D eigenvalue weighted by Gasteiger charge is -2.08. The van der Waals surface area contributed by atoms with E-state index in [1.165, 1.54) is 12.4 Å². The number of carbonyl (C=O) groups is 1. The van der Waals surface area contributed by atoms with Gasteiger partial charge in [0.15, 0.2) is 5.82 Å². The summed E-state index contributed by atoms with van der Waals surface area (Å²) >= 11 is 0. The first-order chi connectivity index (χ1) is 8.39. The van der Waals surface area contributed by atoms with Crippen molar-refractivity contribution in [1.29, 1.82) is 0 Å². The molecule has 0 saturated heterocycles. The second kappa shape index (κ2) is 4.25. The van der Waals surface area contributed by atoms with Crippen LogP contribution in [-0.2, 0) is 6.18 Å². The Morgan fingerprint density at radius 3 is 2.56 bits per heavy atom. The quantitative estimate of drug-likeness (QED) is 0.665. The molecule has 18 heavy (non-hydrogen) atoms. The van der Waals surface area contributed by atoms with Gasteiger partial charge in [-0.25, -0.2) is 9.37 Å². The van der Waals surface area contributed by atoms with E-state index < -0.39 is 23.3 Å². The summed E-state index contributed by atoms with van der Waals surface area (Å²) in [6.07, 6.45) is -2.19. The normalized spacial score (nSPS) is 11.6. The maximum absolute atomic E-state index is 13.0. The highest BCUT2D eigenvalue weighted by atomic mass is 19.4. The van der Waals surface area contributed by atoms with Crippen LogP contribution in [0.4, 0.5) is 17.6 Å². The maximum atomic E-state index is 13.0. The molecule has 1 aromatic heterocycles. The molecule has 0 unspecified atom stereocenters. The van der Waals surface area contributed by atoms with Crippen molar-refractivity contribution >= 4 is 5.78 Å². The minimum absolute atomic E-state index is 0.102. The highest BCUT2D eigenvalue weighted by Crippen LogP contribution is 2.32. The predicted molar refractivity (Wildman–Crippen MR) is 53.4 cm³/mol. The molecule has 0 atom stereocenters. The molecule has 2 rings (SSSR count). The molecule has 1 aromatic carbocycles. The van der Waals surface area contributed by atoms with Crippen LogP contribution in [0.3, 0.4) is 0 Å². The molecule has 1 heterocycles. The van der Waals surface area contributed by atoms with Crippen molar-refractivity contribution in [2.75, 3.05) is 0 Å². The Morgan fingerprint density at radius 2 is 2.00 bits per heavy atom. The molecule has 0 spiro atoms. The van der Waals surface area contributed by atoms with Gasteiger partial charge >= 0.3 is 6.18 Å². The number of benzene rings is 1. The highest BCUT2D eigenvalue weighted by molar-refractivity contribution is 6.06. The molecule has 0 fully saturated rings. The average Bonchev–Trinajstić information content (AvgIpc) is 2.80. The Hall–Kier alpha value is -2.18. The molecular formula is C11H6F4N2O. The van der Waals surface area contributed by atoms with Crippen molar-refractivity contribution < 1.29 is 22.4 Å². The number of aromatic amines is 1. The Kier molecular flexibility index (Phi) is 2.90. The third-order valence-electron chi connectivity index (χ3n) is 2.25. The molecule has 1 N–H and O–H groups in total. The van der Waals surface area contributed by atoms with E-state index >= 15 is 0 Å². The van der Waals surface area contributed by atoms with Crippen LogP contribution in [0.2, 0.25) is 0 Å². The van der Waals surface area contributed by atoms with Crippen LogP contribution < -0.4 is 0 Å². The molecule has 0 amide bonds. The number of rotatable bonds is 2. The third-order valence-corrected chi connectivity index (χ3v) is 2.25. The monoisotopic (exact) mass is 258 g/mol. The minimum Gasteiger partial charge on any atom is -0.342 e. The maximum Gasteiger partial charge on any atom is 0.419 e. The molecule has 3 nitrogen and oxygen atoms in total. The van der Waals surface area contributed by atoms with Gasteiger partial charge in [-0.1, -0.05) is 0 Å². The van der Waals surface area contributed by atoms with Gasteiger partial charge in [0.2, 0.25) is 5.78 Å². The number of nitrogens with zero attached hydrogens (tertiary/aromatic N) is 1. The van der Waals surface area contributed by atoms with Crippen molar-refractivity contribution in [3.63, 3.8) is 0 Å². The molecule has 0 aliphatic heterocycles. The largest absolute Gasteiger partial charge is 0.419 e. The second-order valence-electron chi connectivity index (χ2n) is 3.46. The van der Waals surface area contributed by atoms with E-state index in [4.69, 9.17) is 0 Å². The number of hydrogen-bond acceptors (Lipinski definition) is 2. The van der Waals surface area contributed by atoms with E-state index in [1.807, 2.05) is 0 Å². The van der Waals surface area contributed by atoms with E-state index in [9.17, 15) is 22.4 Å². The fourth-order valence-corrected chi connectivity index (χ4v) is 1.41. The number of hydrogen-bond donors (Lipinski definition) is 1. The summed E-state index contributed by atoms with van der Waals surface area (Å²) in [6, 6.07) is 2.06. The first-order valence-corrected chi connectivity index (χ1v) is 4.80. The highest BCUT2D eigenvalue weighted by Gasteiger charge is 2.34. The number of halogens is 4. The zero-order chi connectivity index (χ0) is 13.3. The Bertz CT molecular complexity index is 575. The van der Waals surface area contributed by atoms with Gasteiger partial charge in [-0.15, -0.1) is 0 Å². The fourth-order valence-electron chi connectivity index (χ4n) is 1.41.